The lowest BCUT2D eigenvalue weighted by Crippen LogP contribution is -2.28. The van der Waals surface area contributed by atoms with Gasteiger partial charge in [-0.15, -0.1) is 0 Å². The number of aliphatic carboxylic acids is 1. The lowest BCUT2D eigenvalue weighted by molar-refractivity contribution is -0.386. The summed E-state index contributed by atoms with van der Waals surface area (Å²) in [5.74, 6) is -0.784. The second kappa shape index (κ2) is 6.72. The molecule has 0 atom stereocenters. The van der Waals surface area contributed by atoms with Gasteiger partial charge in [0.15, 0.2) is 5.36 Å². The van der Waals surface area contributed by atoms with Crippen LogP contribution in [-0.4, -0.2) is 28.2 Å². The highest BCUT2D eigenvalue weighted by atomic mass is 16.6. The molecule has 1 aliphatic heterocycles. The molecule has 0 amide bonds. The van der Waals surface area contributed by atoms with E-state index in [4.69, 9.17) is 5.11 Å². The van der Waals surface area contributed by atoms with E-state index in [1.807, 2.05) is 0 Å². The van der Waals surface area contributed by atoms with Crippen LogP contribution in [0.4, 0.5) is 11.4 Å². The van der Waals surface area contributed by atoms with Gasteiger partial charge in [0.05, 0.1) is 10.6 Å². The van der Waals surface area contributed by atoms with Crippen LogP contribution in [0, 0.1) is 10.1 Å². The molecule has 8 nitrogen and oxygen atoms in total. The third-order valence-electron chi connectivity index (χ3n) is 3.48. The number of anilines is 1. The molecule has 23 heavy (non-hydrogen) atoms. The monoisotopic (exact) mass is 320 g/mol. The van der Waals surface area contributed by atoms with Crippen molar-refractivity contribution in [2.45, 2.75) is 45.2 Å². The van der Waals surface area contributed by atoms with Gasteiger partial charge in [-0.3, -0.25) is 19.9 Å². The number of hydrogen-bond acceptors (Lipinski definition) is 6. The van der Waals surface area contributed by atoms with E-state index in [1.54, 1.807) is 19.9 Å². The Kier molecular flexibility index (Phi) is 4.92. The van der Waals surface area contributed by atoms with Crippen molar-refractivity contribution in [1.29, 1.82) is 0 Å². The first kappa shape index (κ1) is 16.9. The summed E-state index contributed by atoms with van der Waals surface area (Å²) in [6, 6.07) is 3.08. The molecular formula is C15H20N4O4. The Hall–Kier alpha value is -2.51. The molecule has 8 heteroatoms. The third-order valence-corrected chi connectivity index (χ3v) is 3.48. The van der Waals surface area contributed by atoms with E-state index in [9.17, 15) is 14.9 Å². The minimum absolute atomic E-state index is 0.0404. The van der Waals surface area contributed by atoms with E-state index in [2.05, 4.69) is 15.3 Å². The van der Waals surface area contributed by atoms with Gasteiger partial charge in [-0.05, 0) is 32.8 Å². The van der Waals surface area contributed by atoms with Gasteiger partial charge in [-0.1, -0.05) is 6.42 Å². The first-order chi connectivity index (χ1) is 10.8. The highest BCUT2D eigenvalue weighted by molar-refractivity contribution is 5.66. The molecule has 0 spiro atoms. The lowest BCUT2D eigenvalue weighted by Gasteiger charge is -2.08. The quantitative estimate of drug-likeness (QED) is 0.429. The van der Waals surface area contributed by atoms with Crippen molar-refractivity contribution in [3.8, 4) is 0 Å². The number of nitrogens with zero attached hydrogens (tertiary/aromatic N) is 3. The fraction of sp³-hybridized carbons (Fsp3) is 0.533. The Morgan fingerprint density at radius 3 is 2.61 bits per heavy atom. The van der Waals surface area contributed by atoms with Gasteiger partial charge in [0.25, 0.3) is 5.69 Å². The van der Waals surface area contributed by atoms with E-state index in [1.165, 1.54) is 6.07 Å². The predicted octanol–water partition coefficient (Wildman–Crippen LogP) is 1.64. The Balaban J connectivity index is 2.08. The largest absolute Gasteiger partial charge is 0.481 e. The molecule has 0 aliphatic carbocycles. The summed E-state index contributed by atoms with van der Waals surface area (Å²) >= 11 is 0. The fourth-order valence-electron chi connectivity index (χ4n) is 2.46. The number of hydrogen-bond donors (Lipinski definition) is 2. The maximum atomic E-state index is 11.1. The minimum Gasteiger partial charge on any atom is -0.481 e. The smallest absolute Gasteiger partial charge is 0.303 e. The third kappa shape index (κ3) is 4.24. The maximum absolute atomic E-state index is 11.1. The average Bonchev–Trinajstić information content (AvgIpc) is 2.76. The number of non-ortho nitro benzene ring substituents is 1. The highest BCUT2D eigenvalue weighted by Crippen LogP contribution is 2.16. The summed E-state index contributed by atoms with van der Waals surface area (Å²) < 4.78 is 0. The first-order valence-corrected chi connectivity index (χ1v) is 7.53. The van der Waals surface area contributed by atoms with Crippen LogP contribution >= 0.6 is 0 Å². The van der Waals surface area contributed by atoms with Crippen LogP contribution in [0.1, 0.15) is 39.5 Å². The second-order valence-corrected chi connectivity index (χ2v) is 5.94. The maximum Gasteiger partial charge on any atom is 0.303 e. The molecule has 1 heterocycles. The van der Waals surface area contributed by atoms with Crippen molar-refractivity contribution >= 4 is 17.3 Å². The molecule has 0 aromatic heterocycles. The standard InChI is InChI=1S/C15H20N4O4/c1-15(2)17-13-10(16-9-5-3-4-6-12(20)21)7-8-11(19(22)23)14(13)18-15/h7-8,16H,3-6,9H2,1-2H3,(H,20,21). The molecule has 0 saturated heterocycles. The number of carboxylic acids is 1. The number of carboxylic acid groups (broad SMARTS) is 1. The summed E-state index contributed by atoms with van der Waals surface area (Å²) in [5.41, 5.74) is -0.0219. The molecule has 0 unspecified atom stereocenters. The number of fused-ring (bicyclic) bond motifs is 1. The van der Waals surface area contributed by atoms with Crippen LogP contribution in [0.3, 0.4) is 0 Å². The molecular weight excluding hydrogens is 300 g/mol. The number of nitro benzene ring substituents is 1. The molecule has 124 valence electrons. The van der Waals surface area contributed by atoms with E-state index < -0.39 is 16.6 Å². The van der Waals surface area contributed by atoms with Crippen LogP contribution in [0.2, 0.25) is 0 Å². The molecule has 1 aromatic carbocycles. The van der Waals surface area contributed by atoms with Crippen molar-refractivity contribution < 1.29 is 14.8 Å². The first-order valence-electron chi connectivity index (χ1n) is 7.53. The molecule has 1 aromatic rings. The Labute approximate surface area is 133 Å². The van der Waals surface area contributed by atoms with Gasteiger partial charge in [0.2, 0.25) is 0 Å². The molecule has 0 bridgehead atoms. The van der Waals surface area contributed by atoms with Crippen LogP contribution in [0.15, 0.2) is 22.1 Å². The zero-order valence-corrected chi connectivity index (χ0v) is 13.2. The van der Waals surface area contributed by atoms with E-state index in [0.29, 0.717) is 23.7 Å². The number of carbonyl (C=O) groups is 1. The fourth-order valence-corrected chi connectivity index (χ4v) is 2.46. The van der Waals surface area contributed by atoms with Crippen molar-refractivity contribution in [2.24, 2.45) is 9.98 Å². The van der Waals surface area contributed by atoms with Crippen molar-refractivity contribution in [1.82, 2.24) is 0 Å². The van der Waals surface area contributed by atoms with Crippen molar-refractivity contribution in [2.75, 3.05) is 11.9 Å². The molecule has 2 rings (SSSR count). The minimum atomic E-state index is -0.784. The summed E-state index contributed by atoms with van der Waals surface area (Å²) in [7, 11) is 0. The summed E-state index contributed by atoms with van der Waals surface area (Å²) in [5, 5.41) is 23.7. The number of benzene rings is 1. The van der Waals surface area contributed by atoms with E-state index in [-0.39, 0.29) is 12.1 Å². The van der Waals surface area contributed by atoms with Crippen LogP contribution in [0.25, 0.3) is 0 Å². The molecule has 2 N–H and O–H groups in total. The van der Waals surface area contributed by atoms with Gasteiger partial charge in [-0.2, -0.15) is 0 Å². The lowest BCUT2D eigenvalue weighted by atomic mass is 10.2. The summed E-state index contributed by atoms with van der Waals surface area (Å²) in [4.78, 5) is 29.9. The Morgan fingerprint density at radius 1 is 1.26 bits per heavy atom. The van der Waals surface area contributed by atoms with Gasteiger partial charge in [0, 0.05) is 19.0 Å². The normalized spacial score (nSPS) is 14.5. The number of nitro groups is 1. The van der Waals surface area contributed by atoms with Crippen molar-refractivity contribution in [3.63, 3.8) is 0 Å². The van der Waals surface area contributed by atoms with Crippen LogP contribution in [-0.2, 0) is 4.79 Å². The zero-order valence-electron chi connectivity index (χ0n) is 13.2. The van der Waals surface area contributed by atoms with Gasteiger partial charge < -0.3 is 10.4 Å². The molecule has 0 fully saturated rings. The number of nitrogens with one attached hydrogen (secondary N) is 1. The molecule has 0 radical (unpaired) electrons. The Bertz CT molecular complexity index is 743. The van der Waals surface area contributed by atoms with Gasteiger partial charge in [0.1, 0.15) is 11.0 Å². The molecule has 0 saturated carbocycles. The topological polar surface area (TPSA) is 117 Å². The average molecular weight is 320 g/mol. The second-order valence-electron chi connectivity index (χ2n) is 5.94. The van der Waals surface area contributed by atoms with Crippen molar-refractivity contribution in [3.05, 3.63) is 33.0 Å². The summed E-state index contributed by atoms with van der Waals surface area (Å²) in [6.07, 6.45) is 2.44. The van der Waals surface area contributed by atoms with E-state index >= 15 is 0 Å². The highest BCUT2D eigenvalue weighted by Gasteiger charge is 2.25. The van der Waals surface area contributed by atoms with Crippen LogP contribution < -0.4 is 16.0 Å². The van der Waals surface area contributed by atoms with E-state index in [0.717, 1.165) is 18.5 Å². The van der Waals surface area contributed by atoms with Crippen LogP contribution in [0.5, 0.6) is 0 Å². The Morgan fingerprint density at radius 2 is 1.96 bits per heavy atom. The number of unbranched alkanes of at least 4 members (excludes halogenated alkanes) is 2. The SMILES string of the molecule is CC1(C)N=c2c(NCCCCCC(=O)O)ccc([N+](=O)[O-])c2=N1. The summed E-state index contributed by atoms with van der Waals surface area (Å²) in [6.45, 7) is 4.25. The molecule has 1 aliphatic rings. The zero-order chi connectivity index (χ0) is 17.0. The van der Waals surface area contributed by atoms with Gasteiger partial charge >= 0.3 is 5.97 Å². The predicted molar refractivity (Wildman–Crippen MR) is 84.1 cm³/mol. The number of rotatable bonds is 8. The van der Waals surface area contributed by atoms with Gasteiger partial charge in [-0.25, -0.2) is 4.99 Å².